The molecule has 0 aromatic heterocycles. The van der Waals surface area contributed by atoms with Crippen molar-refractivity contribution in [1.82, 2.24) is 0 Å². The highest BCUT2D eigenvalue weighted by molar-refractivity contribution is 6.35. The summed E-state index contributed by atoms with van der Waals surface area (Å²) in [5, 5.41) is 13.2. The molecule has 0 saturated carbocycles. The predicted octanol–water partition coefficient (Wildman–Crippen LogP) is 2.04. The number of piperazine rings is 1. The molecule has 0 aliphatic carbocycles. The third-order valence-electron chi connectivity index (χ3n) is 4.30. The van der Waals surface area contributed by atoms with Gasteiger partial charge in [0, 0.05) is 10.7 Å². The molecule has 1 saturated heterocycles. The van der Waals surface area contributed by atoms with Crippen molar-refractivity contribution in [2.45, 2.75) is 0 Å². The first kappa shape index (κ1) is 17.9. The van der Waals surface area contributed by atoms with Crippen LogP contribution in [0.2, 0.25) is 10.0 Å². The van der Waals surface area contributed by atoms with Crippen LogP contribution in [0, 0.1) is 0 Å². The van der Waals surface area contributed by atoms with Gasteiger partial charge in [-0.15, -0.1) is 0 Å². The lowest BCUT2D eigenvalue weighted by molar-refractivity contribution is -0.892. The highest BCUT2D eigenvalue weighted by Gasteiger charge is 2.22. The molecule has 7 heteroatoms. The lowest BCUT2D eigenvalue weighted by Gasteiger charge is -2.33. The highest BCUT2D eigenvalue weighted by atomic mass is 35.5. The van der Waals surface area contributed by atoms with Crippen LogP contribution >= 0.6 is 23.2 Å². The van der Waals surface area contributed by atoms with Crippen molar-refractivity contribution in [3.63, 3.8) is 0 Å². The molecular weight excluding hydrogens is 361 g/mol. The zero-order valence-corrected chi connectivity index (χ0v) is 15.1. The number of hydrogen-bond acceptors (Lipinski definition) is 3. The van der Waals surface area contributed by atoms with Gasteiger partial charge >= 0.3 is 0 Å². The molecule has 0 spiro atoms. The summed E-state index contributed by atoms with van der Waals surface area (Å²) >= 11 is 12.0. The maximum atomic E-state index is 12.3. The minimum Gasteiger partial charge on any atom is -0.508 e. The third-order valence-corrected chi connectivity index (χ3v) is 4.86. The first-order valence-corrected chi connectivity index (χ1v) is 8.89. The SMILES string of the molecule is O=C(C[NH+]1CCN(c2ccc(O)cc2)CC1)Nc1cc(Cl)ccc1Cl. The van der Waals surface area contributed by atoms with Crippen LogP contribution in [0.15, 0.2) is 42.5 Å². The van der Waals surface area contributed by atoms with Crippen molar-refractivity contribution in [1.29, 1.82) is 0 Å². The molecule has 1 heterocycles. The van der Waals surface area contributed by atoms with Gasteiger partial charge in [0.2, 0.25) is 0 Å². The zero-order chi connectivity index (χ0) is 17.8. The van der Waals surface area contributed by atoms with Crippen molar-refractivity contribution in [2.24, 2.45) is 0 Å². The second kappa shape index (κ2) is 7.95. The lowest BCUT2D eigenvalue weighted by Crippen LogP contribution is -3.15. The molecule has 1 amide bonds. The van der Waals surface area contributed by atoms with Gasteiger partial charge in [0.25, 0.3) is 5.91 Å². The summed E-state index contributed by atoms with van der Waals surface area (Å²) in [5.74, 6) is 0.196. The van der Waals surface area contributed by atoms with Gasteiger partial charge in [-0.3, -0.25) is 4.79 Å². The summed E-state index contributed by atoms with van der Waals surface area (Å²) in [4.78, 5) is 15.7. The Hall–Kier alpha value is -1.95. The Bertz CT molecular complexity index is 744. The summed E-state index contributed by atoms with van der Waals surface area (Å²) in [6.07, 6.45) is 0. The number of phenols is 1. The minimum absolute atomic E-state index is 0.0720. The molecule has 0 unspecified atom stereocenters. The van der Waals surface area contributed by atoms with Crippen molar-refractivity contribution in [3.05, 3.63) is 52.5 Å². The van der Waals surface area contributed by atoms with Gasteiger partial charge in [-0.05, 0) is 42.5 Å². The van der Waals surface area contributed by atoms with Crippen LogP contribution in [0.5, 0.6) is 5.75 Å². The number of carbonyl (C=O) groups is 1. The fourth-order valence-electron chi connectivity index (χ4n) is 2.94. The van der Waals surface area contributed by atoms with E-state index in [0.717, 1.165) is 31.9 Å². The number of amides is 1. The smallest absolute Gasteiger partial charge is 0.279 e. The number of quaternary nitrogens is 1. The van der Waals surface area contributed by atoms with Crippen molar-refractivity contribution in [2.75, 3.05) is 42.9 Å². The van der Waals surface area contributed by atoms with Crippen LogP contribution in [-0.4, -0.2) is 43.7 Å². The minimum atomic E-state index is -0.0720. The average molecular weight is 381 g/mol. The molecule has 25 heavy (non-hydrogen) atoms. The molecule has 1 aliphatic heterocycles. The summed E-state index contributed by atoms with van der Waals surface area (Å²) in [6.45, 7) is 3.87. The van der Waals surface area contributed by atoms with Gasteiger partial charge in [-0.25, -0.2) is 0 Å². The van der Waals surface area contributed by atoms with Crippen molar-refractivity contribution in [3.8, 4) is 5.75 Å². The van der Waals surface area contributed by atoms with Crippen LogP contribution in [-0.2, 0) is 4.79 Å². The normalized spacial score (nSPS) is 15.2. The second-order valence-electron chi connectivity index (χ2n) is 6.10. The van der Waals surface area contributed by atoms with E-state index in [2.05, 4.69) is 10.2 Å². The first-order valence-electron chi connectivity index (χ1n) is 8.14. The van der Waals surface area contributed by atoms with Gasteiger partial charge in [-0.2, -0.15) is 0 Å². The zero-order valence-electron chi connectivity index (χ0n) is 13.6. The number of hydrogen-bond donors (Lipinski definition) is 3. The maximum Gasteiger partial charge on any atom is 0.279 e. The van der Waals surface area contributed by atoms with Gasteiger partial charge in [0.05, 0.1) is 36.9 Å². The Morgan fingerprint density at radius 3 is 2.48 bits per heavy atom. The number of carbonyl (C=O) groups excluding carboxylic acids is 1. The molecular formula is C18H20Cl2N3O2+. The van der Waals surface area contributed by atoms with E-state index in [9.17, 15) is 9.90 Å². The fourth-order valence-corrected chi connectivity index (χ4v) is 3.27. The van der Waals surface area contributed by atoms with Gasteiger partial charge in [-0.1, -0.05) is 23.2 Å². The maximum absolute atomic E-state index is 12.3. The van der Waals surface area contributed by atoms with Crippen LogP contribution in [0.4, 0.5) is 11.4 Å². The monoisotopic (exact) mass is 380 g/mol. The van der Waals surface area contributed by atoms with Gasteiger partial charge < -0.3 is 20.2 Å². The molecule has 1 fully saturated rings. The highest BCUT2D eigenvalue weighted by Crippen LogP contribution is 2.25. The van der Waals surface area contributed by atoms with Crippen molar-refractivity contribution < 1.29 is 14.8 Å². The van der Waals surface area contributed by atoms with E-state index in [-0.39, 0.29) is 11.7 Å². The molecule has 0 atom stereocenters. The van der Waals surface area contributed by atoms with E-state index in [1.165, 1.54) is 4.90 Å². The molecule has 2 aromatic rings. The predicted molar refractivity (Wildman–Crippen MR) is 101 cm³/mol. The van der Waals surface area contributed by atoms with Gasteiger partial charge in [0.15, 0.2) is 6.54 Å². The number of rotatable bonds is 4. The van der Waals surface area contributed by atoms with E-state index in [4.69, 9.17) is 23.2 Å². The Morgan fingerprint density at radius 1 is 1.12 bits per heavy atom. The fraction of sp³-hybridized carbons (Fsp3) is 0.278. The number of anilines is 2. The average Bonchev–Trinajstić information content (AvgIpc) is 2.59. The van der Waals surface area contributed by atoms with E-state index < -0.39 is 0 Å². The largest absolute Gasteiger partial charge is 0.508 e. The van der Waals surface area contributed by atoms with Gasteiger partial charge in [0.1, 0.15) is 5.75 Å². The first-order chi connectivity index (χ1) is 12.0. The van der Waals surface area contributed by atoms with E-state index in [1.54, 1.807) is 30.3 Å². The standard InChI is InChI=1S/C18H19Cl2N3O2/c19-13-1-6-16(20)17(11-13)21-18(25)12-22-7-9-23(10-8-22)14-2-4-15(24)5-3-14/h1-6,11,24H,7-10,12H2,(H,21,25)/p+1. The Balaban J connectivity index is 1.51. The molecule has 3 rings (SSSR count). The van der Waals surface area contributed by atoms with Crippen LogP contribution in [0.25, 0.3) is 0 Å². The molecule has 1 aliphatic rings. The summed E-state index contributed by atoms with van der Waals surface area (Å²) in [6, 6.07) is 12.2. The quantitative estimate of drug-likeness (QED) is 0.760. The number of benzene rings is 2. The number of halogens is 2. The number of phenolic OH excluding ortho intramolecular Hbond substituents is 1. The lowest BCUT2D eigenvalue weighted by atomic mass is 10.2. The van der Waals surface area contributed by atoms with Crippen molar-refractivity contribution >= 4 is 40.5 Å². The number of nitrogens with zero attached hydrogens (tertiary/aromatic N) is 1. The Morgan fingerprint density at radius 2 is 1.80 bits per heavy atom. The van der Waals surface area contributed by atoms with Crippen LogP contribution in [0.3, 0.4) is 0 Å². The topological polar surface area (TPSA) is 57.0 Å². The second-order valence-corrected chi connectivity index (χ2v) is 6.95. The molecule has 2 aromatic carbocycles. The molecule has 132 valence electrons. The van der Waals surface area contributed by atoms with E-state index >= 15 is 0 Å². The van der Waals surface area contributed by atoms with Crippen LogP contribution < -0.4 is 15.1 Å². The number of aromatic hydroxyl groups is 1. The Kier molecular flexibility index (Phi) is 5.68. The summed E-state index contributed by atoms with van der Waals surface area (Å²) < 4.78 is 0. The Labute approximate surface area is 156 Å². The van der Waals surface area contributed by atoms with E-state index in [0.29, 0.717) is 22.3 Å². The van der Waals surface area contributed by atoms with E-state index in [1.807, 2.05) is 12.1 Å². The summed E-state index contributed by atoms with van der Waals surface area (Å²) in [5.41, 5.74) is 1.63. The molecule has 0 radical (unpaired) electrons. The number of nitrogens with one attached hydrogen (secondary N) is 2. The summed E-state index contributed by atoms with van der Waals surface area (Å²) in [7, 11) is 0. The molecule has 5 nitrogen and oxygen atoms in total. The van der Waals surface area contributed by atoms with Crippen LogP contribution in [0.1, 0.15) is 0 Å². The third kappa shape index (κ3) is 4.78. The molecule has 3 N–H and O–H groups in total. The molecule has 0 bridgehead atoms.